The summed E-state index contributed by atoms with van der Waals surface area (Å²) in [4.78, 5) is 14.0. The Hall–Kier alpha value is -1.24. The van der Waals surface area contributed by atoms with Crippen LogP contribution in [0.4, 0.5) is 0 Å². The molecule has 4 nitrogen and oxygen atoms in total. The number of hydrogen-bond acceptors (Lipinski definition) is 3. The van der Waals surface area contributed by atoms with Gasteiger partial charge in [-0.2, -0.15) is 0 Å². The molecule has 0 amide bonds. The van der Waals surface area contributed by atoms with Gasteiger partial charge in [0.05, 0.1) is 6.61 Å². The molecule has 1 unspecified atom stereocenters. The molecule has 1 atom stereocenters. The maximum absolute atomic E-state index is 9.81. The molecule has 72 valence electrons. The fraction of sp³-hybridized carbons (Fsp3) is 0.778. The minimum absolute atomic E-state index is 0.219. The van der Waals surface area contributed by atoms with E-state index in [1.165, 1.54) is 0 Å². The number of hydrogen-bond donors (Lipinski definition) is 0. The number of nitrogens with zero attached hydrogens (tertiary/aromatic N) is 1. The molecule has 0 N–H and O–H groups in total. The Morgan fingerprint density at radius 2 is 2.38 bits per heavy atom. The van der Waals surface area contributed by atoms with E-state index in [2.05, 4.69) is 16.7 Å². The van der Waals surface area contributed by atoms with Gasteiger partial charge in [0.2, 0.25) is 0 Å². The van der Waals surface area contributed by atoms with Crippen molar-refractivity contribution in [3.8, 4) is 11.8 Å². The van der Waals surface area contributed by atoms with Gasteiger partial charge >= 0.3 is 0 Å². The fourth-order valence-electron chi connectivity index (χ4n) is 1.44. The Balaban J connectivity index is 2.00. The summed E-state index contributed by atoms with van der Waals surface area (Å²) in [7, 11) is 0. The predicted molar refractivity (Wildman–Crippen MR) is 47.3 cm³/mol. The van der Waals surface area contributed by atoms with Gasteiger partial charge in [-0.05, 0) is 25.2 Å². The molecule has 4 heteroatoms. The van der Waals surface area contributed by atoms with Crippen LogP contribution in [0.3, 0.4) is 0 Å². The van der Waals surface area contributed by atoms with E-state index in [0.29, 0.717) is 5.92 Å². The van der Waals surface area contributed by atoms with E-state index in [1.54, 1.807) is 0 Å². The van der Waals surface area contributed by atoms with Gasteiger partial charge in [0.1, 0.15) is 0 Å². The standard InChI is InChI=1S/C9H13NO3/c11-10(12)13-8-4-7-9-5-2-1-3-6-9/h9H,2,4-8H2. The smallest absolute Gasteiger partial charge is 0.294 e. The first-order valence-electron chi connectivity index (χ1n) is 4.52. The van der Waals surface area contributed by atoms with Crippen LogP contribution in [0.2, 0.25) is 0 Å². The van der Waals surface area contributed by atoms with Crippen molar-refractivity contribution in [3.63, 3.8) is 0 Å². The molecule has 0 heterocycles. The van der Waals surface area contributed by atoms with Crippen molar-refractivity contribution < 1.29 is 9.92 Å². The molecule has 0 radical (unpaired) electrons. The van der Waals surface area contributed by atoms with Crippen LogP contribution in [-0.2, 0) is 4.84 Å². The SMILES string of the molecule is O=[N+]([O-])OCCCC1CC#CCC1. The predicted octanol–water partition coefficient (Wildman–Crippen LogP) is 1.78. The number of rotatable bonds is 5. The minimum atomic E-state index is -0.735. The van der Waals surface area contributed by atoms with Crippen LogP contribution >= 0.6 is 0 Å². The quantitative estimate of drug-likeness (QED) is 0.282. The molecule has 0 fully saturated rings. The fourth-order valence-corrected chi connectivity index (χ4v) is 1.44. The summed E-state index contributed by atoms with van der Waals surface area (Å²) >= 11 is 0. The van der Waals surface area contributed by atoms with E-state index in [1.807, 2.05) is 0 Å². The van der Waals surface area contributed by atoms with Crippen LogP contribution in [0.5, 0.6) is 0 Å². The van der Waals surface area contributed by atoms with Crippen molar-refractivity contribution in [1.29, 1.82) is 0 Å². The van der Waals surface area contributed by atoms with Crippen molar-refractivity contribution in [2.75, 3.05) is 6.61 Å². The van der Waals surface area contributed by atoms with E-state index < -0.39 is 5.09 Å². The first kappa shape index (κ1) is 9.85. The molecule has 0 aliphatic heterocycles. The van der Waals surface area contributed by atoms with Crippen molar-refractivity contribution in [3.05, 3.63) is 10.1 Å². The first-order chi connectivity index (χ1) is 6.29. The topological polar surface area (TPSA) is 52.4 Å². The molecular formula is C9H13NO3. The minimum Gasteiger partial charge on any atom is -0.314 e. The van der Waals surface area contributed by atoms with Crippen LogP contribution in [0.25, 0.3) is 0 Å². The van der Waals surface area contributed by atoms with E-state index in [9.17, 15) is 10.1 Å². The summed E-state index contributed by atoms with van der Waals surface area (Å²) in [5.41, 5.74) is 0. The van der Waals surface area contributed by atoms with E-state index in [-0.39, 0.29) is 6.61 Å². The molecule has 0 spiro atoms. The highest BCUT2D eigenvalue weighted by molar-refractivity contribution is 5.04. The van der Waals surface area contributed by atoms with Gasteiger partial charge < -0.3 is 4.84 Å². The maximum Gasteiger partial charge on any atom is 0.294 e. The Kier molecular flexibility index (Phi) is 4.10. The lowest BCUT2D eigenvalue weighted by Crippen LogP contribution is -2.07. The third kappa shape index (κ3) is 4.36. The lowest BCUT2D eigenvalue weighted by atomic mass is 9.92. The summed E-state index contributed by atoms with van der Waals surface area (Å²) in [5.74, 6) is 6.72. The van der Waals surface area contributed by atoms with E-state index in [4.69, 9.17) is 0 Å². The average Bonchev–Trinajstić information content (AvgIpc) is 2.14. The molecule has 0 bridgehead atoms. The van der Waals surface area contributed by atoms with Gasteiger partial charge in [-0.1, -0.05) is 0 Å². The van der Waals surface area contributed by atoms with Crippen LogP contribution in [0.1, 0.15) is 32.1 Å². The molecular weight excluding hydrogens is 170 g/mol. The zero-order valence-corrected chi connectivity index (χ0v) is 7.49. The molecule has 1 rings (SSSR count). The third-order valence-corrected chi connectivity index (χ3v) is 2.15. The molecule has 0 aromatic rings. The van der Waals surface area contributed by atoms with Crippen LogP contribution in [0, 0.1) is 27.9 Å². The summed E-state index contributed by atoms with van der Waals surface area (Å²) in [5, 5.41) is 9.08. The van der Waals surface area contributed by atoms with Crippen LogP contribution in [-0.4, -0.2) is 11.7 Å². The van der Waals surface area contributed by atoms with Crippen molar-refractivity contribution in [1.82, 2.24) is 0 Å². The lowest BCUT2D eigenvalue weighted by molar-refractivity contribution is -0.757. The van der Waals surface area contributed by atoms with E-state index in [0.717, 1.165) is 32.1 Å². The Morgan fingerprint density at radius 3 is 3.00 bits per heavy atom. The summed E-state index contributed by atoms with van der Waals surface area (Å²) in [6.45, 7) is 0.219. The van der Waals surface area contributed by atoms with Gasteiger partial charge in [0.15, 0.2) is 0 Å². The second-order valence-corrected chi connectivity index (χ2v) is 3.16. The molecule has 0 saturated heterocycles. The third-order valence-electron chi connectivity index (χ3n) is 2.15. The van der Waals surface area contributed by atoms with Crippen molar-refractivity contribution in [2.24, 2.45) is 5.92 Å². The van der Waals surface area contributed by atoms with E-state index >= 15 is 0 Å². The monoisotopic (exact) mass is 183 g/mol. The second-order valence-electron chi connectivity index (χ2n) is 3.16. The van der Waals surface area contributed by atoms with Crippen molar-refractivity contribution in [2.45, 2.75) is 32.1 Å². The zero-order chi connectivity index (χ0) is 9.52. The van der Waals surface area contributed by atoms with Crippen LogP contribution < -0.4 is 0 Å². The summed E-state index contributed by atoms with van der Waals surface area (Å²) < 4.78 is 0. The Labute approximate surface area is 77.4 Å². The Bertz CT molecular complexity index is 229. The maximum atomic E-state index is 9.81. The molecule has 0 aromatic heterocycles. The highest BCUT2D eigenvalue weighted by atomic mass is 16.9. The lowest BCUT2D eigenvalue weighted by Gasteiger charge is -2.14. The average molecular weight is 183 g/mol. The van der Waals surface area contributed by atoms with Gasteiger partial charge in [-0.15, -0.1) is 22.0 Å². The Morgan fingerprint density at radius 1 is 1.54 bits per heavy atom. The van der Waals surface area contributed by atoms with Crippen LogP contribution in [0.15, 0.2) is 0 Å². The molecule has 0 saturated carbocycles. The molecule has 1 aliphatic carbocycles. The zero-order valence-electron chi connectivity index (χ0n) is 7.49. The van der Waals surface area contributed by atoms with Crippen molar-refractivity contribution >= 4 is 0 Å². The van der Waals surface area contributed by atoms with Gasteiger partial charge in [-0.3, -0.25) is 0 Å². The molecule has 13 heavy (non-hydrogen) atoms. The normalized spacial score (nSPS) is 20.2. The summed E-state index contributed by atoms with van der Waals surface area (Å²) in [6.07, 6.45) is 4.79. The van der Waals surface area contributed by atoms with Gasteiger partial charge in [0.25, 0.3) is 5.09 Å². The highest BCUT2D eigenvalue weighted by Gasteiger charge is 2.09. The second kappa shape index (κ2) is 5.41. The molecule has 0 aromatic carbocycles. The highest BCUT2D eigenvalue weighted by Crippen LogP contribution is 2.19. The largest absolute Gasteiger partial charge is 0.314 e. The van der Waals surface area contributed by atoms with Gasteiger partial charge in [-0.25, -0.2) is 0 Å². The molecule has 1 aliphatic rings. The first-order valence-corrected chi connectivity index (χ1v) is 4.52. The summed E-state index contributed by atoms with van der Waals surface area (Å²) in [6, 6.07) is 0. The van der Waals surface area contributed by atoms with Gasteiger partial charge in [0, 0.05) is 12.8 Å².